The number of hydrogen-bond acceptors (Lipinski definition) is 4. The molecule has 0 fully saturated rings. The Hall–Kier alpha value is -1.04. The molecule has 0 N–H and O–H groups in total. The van der Waals surface area contributed by atoms with Crippen LogP contribution in [0.2, 0.25) is 18.1 Å². The SMILES string of the molecule is CSc1cccc2c1Oc1c(SC)cccc1N2[Si](C)(C)C(C)(C)C. The molecule has 1 heterocycles. The van der Waals surface area contributed by atoms with Crippen molar-refractivity contribution in [3.8, 4) is 11.5 Å². The first kappa shape index (κ1) is 18.7. The van der Waals surface area contributed by atoms with Crippen LogP contribution in [0.1, 0.15) is 20.8 Å². The molecule has 0 saturated heterocycles. The Balaban J connectivity index is 2.32. The summed E-state index contributed by atoms with van der Waals surface area (Å²) in [6.07, 6.45) is 4.23. The number of para-hydroxylation sites is 2. The van der Waals surface area contributed by atoms with Gasteiger partial charge in [-0.2, -0.15) is 0 Å². The lowest BCUT2D eigenvalue weighted by Crippen LogP contribution is -2.53. The van der Waals surface area contributed by atoms with E-state index in [0.717, 1.165) is 11.5 Å². The molecule has 0 amide bonds. The van der Waals surface area contributed by atoms with E-state index in [1.807, 2.05) is 0 Å². The third kappa shape index (κ3) is 3.00. The summed E-state index contributed by atoms with van der Waals surface area (Å²) in [5.74, 6) is 2.02. The van der Waals surface area contributed by atoms with Gasteiger partial charge in [-0.15, -0.1) is 23.5 Å². The van der Waals surface area contributed by atoms with E-state index in [1.165, 1.54) is 21.2 Å². The highest BCUT2D eigenvalue weighted by Gasteiger charge is 2.46. The third-order valence-electron chi connectivity index (χ3n) is 5.44. The summed E-state index contributed by atoms with van der Waals surface area (Å²) in [7, 11) is -1.84. The van der Waals surface area contributed by atoms with E-state index in [2.05, 4.69) is 87.3 Å². The normalized spacial score (nSPS) is 14.0. The van der Waals surface area contributed by atoms with Crippen LogP contribution in [0.25, 0.3) is 0 Å². The molecule has 0 radical (unpaired) electrons. The van der Waals surface area contributed by atoms with E-state index >= 15 is 0 Å². The lowest BCUT2D eigenvalue weighted by Gasteiger charge is -2.49. The van der Waals surface area contributed by atoms with Gasteiger partial charge in [0.1, 0.15) is 0 Å². The predicted molar refractivity (Wildman–Crippen MR) is 116 cm³/mol. The first-order valence-corrected chi connectivity index (χ1v) is 13.9. The molecule has 0 aliphatic carbocycles. The van der Waals surface area contributed by atoms with E-state index in [4.69, 9.17) is 4.74 Å². The van der Waals surface area contributed by atoms with Crippen LogP contribution in [0.3, 0.4) is 0 Å². The van der Waals surface area contributed by atoms with Crippen LogP contribution in [-0.4, -0.2) is 20.7 Å². The zero-order valence-corrected chi connectivity index (χ0v) is 18.8. The molecule has 2 aromatic rings. The molecule has 2 aromatic carbocycles. The fourth-order valence-electron chi connectivity index (χ4n) is 3.06. The molecular formula is C20H27NOS2Si. The fourth-order valence-corrected chi connectivity index (χ4v) is 6.38. The quantitative estimate of drug-likeness (QED) is 0.401. The molecule has 1 aliphatic rings. The van der Waals surface area contributed by atoms with Gasteiger partial charge in [-0.05, 0) is 41.8 Å². The topological polar surface area (TPSA) is 12.5 Å². The van der Waals surface area contributed by atoms with Crippen molar-refractivity contribution in [1.29, 1.82) is 0 Å². The van der Waals surface area contributed by atoms with E-state index in [9.17, 15) is 0 Å². The minimum Gasteiger partial charge on any atom is -0.451 e. The van der Waals surface area contributed by atoms with Crippen LogP contribution in [0.4, 0.5) is 11.4 Å². The molecular weight excluding hydrogens is 362 g/mol. The molecule has 0 saturated carbocycles. The summed E-state index contributed by atoms with van der Waals surface area (Å²) >= 11 is 3.50. The Morgan fingerprint density at radius 3 is 1.64 bits per heavy atom. The van der Waals surface area contributed by atoms with Crippen molar-refractivity contribution in [2.45, 2.75) is 48.7 Å². The molecule has 2 nitrogen and oxygen atoms in total. The van der Waals surface area contributed by atoms with Crippen LogP contribution < -0.4 is 9.30 Å². The van der Waals surface area contributed by atoms with Gasteiger partial charge in [0, 0.05) is 0 Å². The number of anilines is 2. The maximum absolute atomic E-state index is 6.50. The first-order chi connectivity index (χ1) is 11.7. The summed E-state index contributed by atoms with van der Waals surface area (Å²) in [5.41, 5.74) is 2.42. The largest absolute Gasteiger partial charge is 0.451 e. The van der Waals surface area contributed by atoms with Gasteiger partial charge in [-0.3, -0.25) is 0 Å². The van der Waals surface area contributed by atoms with Crippen molar-refractivity contribution in [3.05, 3.63) is 36.4 Å². The second kappa shape index (κ2) is 6.60. The van der Waals surface area contributed by atoms with E-state index in [1.54, 1.807) is 23.5 Å². The molecule has 1 aliphatic heterocycles. The average molecular weight is 390 g/mol. The van der Waals surface area contributed by atoms with Crippen LogP contribution in [0.5, 0.6) is 11.5 Å². The molecule has 5 heteroatoms. The van der Waals surface area contributed by atoms with Crippen molar-refractivity contribution >= 4 is 43.1 Å². The van der Waals surface area contributed by atoms with Crippen molar-refractivity contribution in [2.24, 2.45) is 0 Å². The molecule has 0 atom stereocenters. The van der Waals surface area contributed by atoms with Crippen molar-refractivity contribution in [1.82, 2.24) is 0 Å². The van der Waals surface area contributed by atoms with Gasteiger partial charge in [-0.1, -0.05) is 46.0 Å². The van der Waals surface area contributed by atoms with Gasteiger partial charge in [0.05, 0.1) is 21.2 Å². The van der Waals surface area contributed by atoms with E-state index < -0.39 is 8.24 Å². The summed E-state index contributed by atoms with van der Waals surface area (Å²) in [6.45, 7) is 12.0. The summed E-state index contributed by atoms with van der Waals surface area (Å²) in [5, 5.41) is 0.226. The fraction of sp³-hybridized carbons (Fsp3) is 0.400. The van der Waals surface area contributed by atoms with Gasteiger partial charge < -0.3 is 9.30 Å². The molecule has 25 heavy (non-hydrogen) atoms. The Labute approximate surface area is 161 Å². The maximum atomic E-state index is 6.50. The van der Waals surface area contributed by atoms with Gasteiger partial charge >= 0.3 is 0 Å². The summed E-state index contributed by atoms with van der Waals surface area (Å²) in [6, 6.07) is 13.0. The number of nitrogens with zero attached hydrogens (tertiary/aromatic N) is 1. The third-order valence-corrected chi connectivity index (χ3v) is 12.2. The number of ether oxygens (including phenoxy) is 1. The molecule has 134 valence electrons. The second-order valence-electron chi connectivity index (χ2n) is 7.86. The van der Waals surface area contributed by atoms with Crippen LogP contribution in [-0.2, 0) is 0 Å². The predicted octanol–water partition coefficient (Wildman–Crippen LogP) is 7.38. The minimum atomic E-state index is -1.84. The molecule has 0 spiro atoms. The smallest absolute Gasteiger partial charge is 0.163 e. The van der Waals surface area contributed by atoms with Gasteiger partial charge in [0.25, 0.3) is 0 Å². The molecule has 0 aromatic heterocycles. The zero-order valence-electron chi connectivity index (χ0n) is 16.1. The highest BCUT2D eigenvalue weighted by molar-refractivity contribution is 7.99. The Morgan fingerprint density at radius 1 is 0.840 bits per heavy atom. The van der Waals surface area contributed by atoms with Crippen molar-refractivity contribution < 1.29 is 4.74 Å². The number of benzene rings is 2. The number of hydrogen-bond donors (Lipinski definition) is 0. The number of thioether (sulfide) groups is 2. The lowest BCUT2D eigenvalue weighted by molar-refractivity contribution is 0.454. The van der Waals surface area contributed by atoms with E-state index in [0.29, 0.717) is 0 Å². The monoisotopic (exact) mass is 389 g/mol. The number of fused-ring (bicyclic) bond motifs is 2. The van der Waals surface area contributed by atoms with Gasteiger partial charge in [0.15, 0.2) is 19.7 Å². The highest BCUT2D eigenvalue weighted by Crippen LogP contribution is 2.57. The van der Waals surface area contributed by atoms with Gasteiger partial charge in [0.2, 0.25) is 0 Å². The molecule has 3 rings (SSSR count). The Bertz CT molecular complexity index is 745. The highest BCUT2D eigenvalue weighted by atomic mass is 32.2. The van der Waals surface area contributed by atoms with Crippen LogP contribution in [0.15, 0.2) is 46.2 Å². The summed E-state index contributed by atoms with van der Waals surface area (Å²) < 4.78 is 9.11. The Morgan fingerprint density at radius 2 is 1.28 bits per heavy atom. The molecule has 0 unspecified atom stereocenters. The zero-order chi connectivity index (χ0) is 18.4. The van der Waals surface area contributed by atoms with Crippen molar-refractivity contribution in [2.75, 3.05) is 17.1 Å². The van der Waals surface area contributed by atoms with Gasteiger partial charge in [-0.25, -0.2) is 0 Å². The van der Waals surface area contributed by atoms with E-state index in [-0.39, 0.29) is 5.04 Å². The Kier molecular flexibility index (Phi) is 4.95. The number of rotatable bonds is 3. The molecule has 0 bridgehead atoms. The average Bonchev–Trinajstić information content (AvgIpc) is 2.57. The lowest BCUT2D eigenvalue weighted by atomic mass is 10.2. The second-order valence-corrected chi connectivity index (χ2v) is 14.6. The maximum Gasteiger partial charge on any atom is 0.163 e. The summed E-state index contributed by atoms with van der Waals surface area (Å²) in [4.78, 5) is 2.39. The minimum absolute atomic E-state index is 0.226. The van der Waals surface area contributed by atoms with Crippen LogP contribution >= 0.6 is 23.5 Å². The van der Waals surface area contributed by atoms with Crippen molar-refractivity contribution in [3.63, 3.8) is 0 Å². The first-order valence-electron chi connectivity index (χ1n) is 8.54. The van der Waals surface area contributed by atoms with Crippen LogP contribution in [0, 0.1) is 0 Å². The standard InChI is InChI=1S/C20H27NOS2Si/c1-20(2,3)25(6,7)21-14-10-8-12-16(23-4)18(14)22-19-15(21)11-9-13-17(19)24-5/h8-13H,1-7H3.